The number of ether oxygens (including phenoxy) is 4. The third-order valence-corrected chi connectivity index (χ3v) is 3.95. The van der Waals surface area contributed by atoms with Crippen LogP contribution in [0.2, 0.25) is 0 Å². The Balaban J connectivity index is 1.91. The molecule has 0 aromatic carbocycles. The topological polar surface area (TPSA) is 75.6 Å². The predicted octanol–water partition coefficient (Wildman–Crippen LogP) is 4.09. The lowest BCUT2D eigenvalue weighted by Gasteiger charge is -2.15. The summed E-state index contributed by atoms with van der Waals surface area (Å²) in [6, 6.07) is 9.55. The van der Waals surface area contributed by atoms with Crippen molar-refractivity contribution in [2.24, 2.45) is 0 Å². The zero-order valence-corrected chi connectivity index (χ0v) is 16.1. The van der Waals surface area contributed by atoms with Crippen LogP contribution in [0.4, 0.5) is 8.78 Å². The number of aromatic nitrogens is 3. The maximum absolute atomic E-state index is 13.9. The molecule has 0 saturated carbocycles. The Morgan fingerprint density at radius 1 is 0.897 bits per heavy atom. The van der Waals surface area contributed by atoms with Gasteiger partial charge in [-0.3, -0.25) is 4.98 Å². The summed E-state index contributed by atoms with van der Waals surface area (Å²) in [5, 5.41) is 0. The van der Waals surface area contributed by atoms with Gasteiger partial charge in [-0.25, -0.2) is 4.98 Å². The molecule has 3 rings (SSSR count). The molecule has 0 atom stereocenters. The average molecular weight is 403 g/mol. The number of pyridine rings is 3. The van der Waals surface area contributed by atoms with Crippen molar-refractivity contribution >= 4 is 0 Å². The third-order valence-electron chi connectivity index (χ3n) is 3.95. The molecule has 0 aliphatic carbocycles. The van der Waals surface area contributed by atoms with Crippen molar-refractivity contribution in [2.45, 2.75) is 5.92 Å². The summed E-state index contributed by atoms with van der Waals surface area (Å²) in [6.45, 7) is -0.755. The summed E-state index contributed by atoms with van der Waals surface area (Å²) in [5.74, 6) is -1.96. The van der Waals surface area contributed by atoms with Crippen molar-refractivity contribution in [3.63, 3.8) is 0 Å². The molecule has 0 spiro atoms. The van der Waals surface area contributed by atoms with Gasteiger partial charge >= 0.3 is 5.92 Å². The van der Waals surface area contributed by atoms with Gasteiger partial charge < -0.3 is 18.9 Å². The second kappa shape index (κ2) is 8.78. The Bertz CT molecular complexity index is 968. The van der Waals surface area contributed by atoms with E-state index < -0.39 is 18.2 Å². The Morgan fingerprint density at radius 2 is 1.69 bits per heavy atom. The maximum atomic E-state index is 13.9. The highest BCUT2D eigenvalue weighted by Gasteiger charge is 2.33. The van der Waals surface area contributed by atoms with Gasteiger partial charge in [0.1, 0.15) is 18.1 Å². The first-order valence-electron chi connectivity index (χ1n) is 8.54. The molecule has 152 valence electrons. The molecule has 29 heavy (non-hydrogen) atoms. The largest absolute Gasteiger partial charge is 0.481 e. The highest BCUT2D eigenvalue weighted by Crippen LogP contribution is 2.37. The fraction of sp³-hybridized carbons (Fsp3) is 0.250. The van der Waals surface area contributed by atoms with Crippen LogP contribution in [0.1, 0.15) is 5.69 Å². The van der Waals surface area contributed by atoms with Crippen molar-refractivity contribution in [2.75, 3.05) is 27.9 Å². The first-order chi connectivity index (χ1) is 14.0. The third kappa shape index (κ3) is 4.57. The quantitative estimate of drug-likeness (QED) is 0.561. The molecular formula is C20H19F2N3O4. The zero-order valence-electron chi connectivity index (χ0n) is 16.1. The van der Waals surface area contributed by atoms with Crippen molar-refractivity contribution < 1.29 is 27.7 Å². The SMILES string of the molecule is COCC(F)(F)c1ccc(Oc2ncccc2-c2ccc(OC)nc2OC)cn1. The van der Waals surface area contributed by atoms with Crippen LogP contribution in [0.25, 0.3) is 11.1 Å². The van der Waals surface area contributed by atoms with Crippen LogP contribution in [0, 0.1) is 0 Å². The molecule has 3 aromatic rings. The van der Waals surface area contributed by atoms with Gasteiger partial charge in [-0.1, -0.05) is 0 Å². The van der Waals surface area contributed by atoms with Gasteiger partial charge in [0, 0.05) is 30.5 Å². The molecule has 0 radical (unpaired) electrons. The standard InChI is InChI=1S/C20H19F2N3O4/c1-26-12-20(21,22)16-8-6-13(11-24-16)29-18-14(5-4-10-23-18)15-7-9-17(27-2)25-19(15)28-3/h4-11H,12H2,1-3H3. The summed E-state index contributed by atoms with van der Waals surface area (Å²) in [5.41, 5.74) is 0.829. The number of rotatable bonds is 8. The van der Waals surface area contributed by atoms with E-state index in [1.165, 1.54) is 39.7 Å². The Hall–Kier alpha value is -3.33. The molecule has 0 unspecified atom stereocenters. The number of hydrogen-bond donors (Lipinski definition) is 0. The Kier molecular flexibility index (Phi) is 6.18. The lowest BCUT2D eigenvalue weighted by atomic mass is 10.1. The van der Waals surface area contributed by atoms with Crippen LogP contribution in [0.5, 0.6) is 23.4 Å². The fourth-order valence-electron chi connectivity index (χ4n) is 2.60. The van der Waals surface area contributed by atoms with Gasteiger partial charge in [0.2, 0.25) is 17.6 Å². The van der Waals surface area contributed by atoms with Gasteiger partial charge in [-0.05, 0) is 30.3 Å². The number of alkyl halides is 2. The van der Waals surface area contributed by atoms with E-state index >= 15 is 0 Å². The molecule has 0 fully saturated rings. The Labute approximate surface area is 166 Å². The normalized spacial score (nSPS) is 11.2. The fourth-order valence-corrected chi connectivity index (χ4v) is 2.60. The second-order valence-electron chi connectivity index (χ2n) is 5.89. The molecule has 0 amide bonds. The van der Waals surface area contributed by atoms with Crippen LogP contribution >= 0.6 is 0 Å². The summed E-state index contributed by atoms with van der Waals surface area (Å²) >= 11 is 0. The smallest absolute Gasteiger partial charge is 0.312 e. The van der Waals surface area contributed by atoms with Crippen molar-refractivity contribution in [3.8, 4) is 34.5 Å². The predicted molar refractivity (Wildman–Crippen MR) is 101 cm³/mol. The van der Waals surface area contributed by atoms with E-state index in [1.54, 1.807) is 30.5 Å². The summed E-state index contributed by atoms with van der Waals surface area (Å²) in [7, 11) is 4.20. The highest BCUT2D eigenvalue weighted by atomic mass is 19.3. The minimum absolute atomic E-state index is 0.246. The van der Waals surface area contributed by atoms with E-state index in [2.05, 4.69) is 19.7 Å². The number of methoxy groups -OCH3 is 3. The molecule has 7 nitrogen and oxygen atoms in total. The van der Waals surface area contributed by atoms with Crippen LogP contribution in [0.3, 0.4) is 0 Å². The first-order valence-corrected chi connectivity index (χ1v) is 8.54. The monoisotopic (exact) mass is 403 g/mol. The summed E-state index contributed by atoms with van der Waals surface area (Å²) in [4.78, 5) is 12.3. The number of nitrogens with zero attached hydrogens (tertiary/aromatic N) is 3. The van der Waals surface area contributed by atoms with Gasteiger partial charge in [0.05, 0.1) is 20.4 Å². The van der Waals surface area contributed by atoms with E-state index in [9.17, 15) is 8.78 Å². The lowest BCUT2D eigenvalue weighted by Crippen LogP contribution is -2.21. The molecule has 3 aromatic heterocycles. The zero-order chi connectivity index (χ0) is 20.9. The lowest BCUT2D eigenvalue weighted by molar-refractivity contribution is -0.0731. The first kappa shape index (κ1) is 20.4. The van der Waals surface area contributed by atoms with Gasteiger partial charge in [-0.2, -0.15) is 13.8 Å². The summed E-state index contributed by atoms with van der Waals surface area (Å²) < 4.78 is 48.5. The Morgan fingerprint density at radius 3 is 2.34 bits per heavy atom. The van der Waals surface area contributed by atoms with Crippen LogP contribution in [-0.4, -0.2) is 42.9 Å². The molecule has 0 aliphatic rings. The molecule has 0 saturated heterocycles. The highest BCUT2D eigenvalue weighted by molar-refractivity contribution is 5.73. The minimum Gasteiger partial charge on any atom is -0.481 e. The van der Waals surface area contributed by atoms with Crippen molar-refractivity contribution in [1.29, 1.82) is 0 Å². The number of halogens is 2. The van der Waals surface area contributed by atoms with Gasteiger partial charge in [0.15, 0.2) is 0 Å². The van der Waals surface area contributed by atoms with Gasteiger partial charge in [0.25, 0.3) is 0 Å². The van der Waals surface area contributed by atoms with E-state index in [0.29, 0.717) is 22.9 Å². The average Bonchev–Trinajstić information content (AvgIpc) is 2.74. The maximum Gasteiger partial charge on any atom is 0.312 e. The van der Waals surface area contributed by atoms with Crippen LogP contribution in [0.15, 0.2) is 48.8 Å². The molecule has 9 heteroatoms. The molecule has 0 N–H and O–H groups in total. The van der Waals surface area contributed by atoms with Gasteiger partial charge in [-0.15, -0.1) is 0 Å². The molecule has 0 aliphatic heterocycles. The van der Waals surface area contributed by atoms with Crippen LogP contribution < -0.4 is 14.2 Å². The number of hydrogen-bond acceptors (Lipinski definition) is 7. The summed E-state index contributed by atoms with van der Waals surface area (Å²) in [6.07, 6.45) is 2.76. The second-order valence-corrected chi connectivity index (χ2v) is 5.89. The molecule has 3 heterocycles. The van der Waals surface area contributed by atoms with E-state index in [-0.39, 0.29) is 11.6 Å². The molecular weight excluding hydrogens is 384 g/mol. The minimum atomic E-state index is -3.19. The van der Waals surface area contributed by atoms with E-state index in [0.717, 1.165) is 0 Å². The van der Waals surface area contributed by atoms with Crippen molar-refractivity contribution in [3.05, 3.63) is 54.5 Å². The van der Waals surface area contributed by atoms with E-state index in [1.807, 2.05) is 0 Å². The molecule has 0 bridgehead atoms. The van der Waals surface area contributed by atoms with Crippen LogP contribution in [-0.2, 0) is 10.7 Å². The van der Waals surface area contributed by atoms with Crippen molar-refractivity contribution in [1.82, 2.24) is 15.0 Å². The van der Waals surface area contributed by atoms with E-state index in [4.69, 9.17) is 14.2 Å².